The van der Waals surface area contributed by atoms with Gasteiger partial charge in [0, 0.05) is 34.9 Å². The molecule has 0 fully saturated rings. The average Bonchev–Trinajstić information content (AvgIpc) is 3.57. The van der Waals surface area contributed by atoms with Gasteiger partial charge in [0.1, 0.15) is 23.0 Å². The minimum atomic E-state index is -0.833. The van der Waals surface area contributed by atoms with Crippen LogP contribution in [0.2, 0.25) is 0 Å². The highest BCUT2D eigenvalue weighted by atomic mass is 16.5. The van der Waals surface area contributed by atoms with E-state index in [2.05, 4.69) is 5.43 Å². The van der Waals surface area contributed by atoms with Crippen LogP contribution in [0.3, 0.4) is 0 Å². The number of furan rings is 1. The molecule has 0 atom stereocenters. The Labute approximate surface area is 201 Å². The van der Waals surface area contributed by atoms with Gasteiger partial charge in [-0.2, -0.15) is 5.26 Å². The summed E-state index contributed by atoms with van der Waals surface area (Å²) in [6.07, 6.45) is 3.37. The number of carbonyl (C=O) groups is 3. The van der Waals surface area contributed by atoms with Crippen LogP contribution in [0.25, 0.3) is 5.88 Å². The third-order valence-corrected chi connectivity index (χ3v) is 5.54. The van der Waals surface area contributed by atoms with Gasteiger partial charge in [-0.25, -0.2) is 4.79 Å². The number of hydrogen-bond acceptors (Lipinski definition) is 6. The van der Waals surface area contributed by atoms with Crippen molar-refractivity contribution >= 4 is 17.7 Å². The van der Waals surface area contributed by atoms with E-state index in [1.165, 1.54) is 4.68 Å². The van der Waals surface area contributed by atoms with Crippen LogP contribution in [0.15, 0.2) is 65.3 Å². The molecule has 0 aliphatic heterocycles. The number of Topliss-reactive ketones (excluding diaryl/α,β-unsaturated/α-hetero) is 1. The quantitative estimate of drug-likeness (QED) is 0.321. The summed E-state index contributed by atoms with van der Waals surface area (Å²) in [7, 11) is 0. The topological polar surface area (TPSA) is 119 Å². The first-order valence-corrected chi connectivity index (χ1v) is 10.7. The predicted molar refractivity (Wildman–Crippen MR) is 126 cm³/mol. The molecule has 0 spiro atoms. The predicted octanol–water partition coefficient (Wildman–Crippen LogP) is 4.09. The average molecular weight is 470 g/mol. The normalized spacial score (nSPS) is 10.6. The fourth-order valence-corrected chi connectivity index (χ4v) is 3.79. The van der Waals surface area contributed by atoms with Crippen LogP contribution < -0.4 is 5.43 Å². The number of nitrogens with zero attached hydrogens (tertiary/aromatic N) is 3. The fraction of sp³-hybridized carbons (Fsp3) is 0.154. The first-order valence-electron chi connectivity index (χ1n) is 10.7. The van der Waals surface area contributed by atoms with E-state index < -0.39 is 18.4 Å². The smallest absolute Gasteiger partial charge is 0.343 e. The highest BCUT2D eigenvalue weighted by Crippen LogP contribution is 2.26. The van der Waals surface area contributed by atoms with Crippen LogP contribution in [0, 0.1) is 32.1 Å². The molecular formula is C26H22N4O5. The number of hydrogen-bond donors (Lipinski definition) is 1. The lowest BCUT2D eigenvalue weighted by Crippen LogP contribution is -2.25. The van der Waals surface area contributed by atoms with Crippen molar-refractivity contribution in [2.75, 3.05) is 12.0 Å². The summed E-state index contributed by atoms with van der Waals surface area (Å²) in [5, 5.41) is 9.60. The molecule has 35 heavy (non-hydrogen) atoms. The van der Waals surface area contributed by atoms with E-state index >= 15 is 0 Å². The number of aryl methyl sites for hydroxylation is 2. The number of amides is 1. The molecule has 9 heteroatoms. The number of nitrogens with one attached hydrogen (secondary N) is 1. The van der Waals surface area contributed by atoms with Crippen LogP contribution in [0.1, 0.15) is 53.8 Å². The summed E-state index contributed by atoms with van der Waals surface area (Å²) < 4.78 is 14.0. The molecule has 0 bridgehead atoms. The molecule has 0 aliphatic rings. The van der Waals surface area contributed by atoms with Crippen molar-refractivity contribution in [2.24, 2.45) is 0 Å². The van der Waals surface area contributed by atoms with E-state index in [-0.39, 0.29) is 28.7 Å². The van der Waals surface area contributed by atoms with Crippen molar-refractivity contribution in [3.8, 4) is 12.0 Å². The Morgan fingerprint density at radius 1 is 1.06 bits per heavy atom. The van der Waals surface area contributed by atoms with E-state index in [1.54, 1.807) is 80.2 Å². The summed E-state index contributed by atoms with van der Waals surface area (Å²) in [4.78, 5) is 38.2. The highest BCUT2D eigenvalue weighted by Gasteiger charge is 2.27. The van der Waals surface area contributed by atoms with Gasteiger partial charge in [0.25, 0.3) is 5.91 Å². The van der Waals surface area contributed by atoms with E-state index in [1.807, 2.05) is 12.1 Å². The number of benzene rings is 1. The molecule has 1 N–H and O–H groups in total. The van der Waals surface area contributed by atoms with Gasteiger partial charge >= 0.3 is 5.97 Å². The van der Waals surface area contributed by atoms with E-state index in [9.17, 15) is 19.6 Å². The Bertz CT molecular complexity index is 1450. The van der Waals surface area contributed by atoms with Gasteiger partial charge in [0.2, 0.25) is 11.7 Å². The minimum absolute atomic E-state index is 0.0235. The number of ketones is 1. The second kappa shape index (κ2) is 9.57. The van der Waals surface area contributed by atoms with Gasteiger partial charge in [-0.1, -0.05) is 18.2 Å². The Hall–Kier alpha value is -4.84. The molecule has 3 heterocycles. The van der Waals surface area contributed by atoms with Crippen molar-refractivity contribution in [1.82, 2.24) is 9.24 Å². The van der Waals surface area contributed by atoms with Gasteiger partial charge in [0.15, 0.2) is 6.61 Å². The Kier molecular flexibility index (Phi) is 6.38. The zero-order valence-electron chi connectivity index (χ0n) is 19.4. The van der Waals surface area contributed by atoms with Gasteiger partial charge in [0.05, 0.1) is 0 Å². The van der Waals surface area contributed by atoms with Crippen molar-refractivity contribution in [3.05, 3.63) is 100 Å². The molecular weight excluding hydrogens is 448 g/mol. The van der Waals surface area contributed by atoms with Crippen LogP contribution in [0.5, 0.6) is 0 Å². The minimum Gasteiger partial charge on any atom is -0.454 e. The van der Waals surface area contributed by atoms with Gasteiger partial charge in [-0.15, -0.1) is 0 Å². The molecule has 0 saturated heterocycles. The Morgan fingerprint density at radius 3 is 2.40 bits per heavy atom. The maximum absolute atomic E-state index is 12.9. The third-order valence-electron chi connectivity index (χ3n) is 5.54. The summed E-state index contributed by atoms with van der Waals surface area (Å²) >= 11 is 0. The number of rotatable bonds is 7. The molecule has 1 amide bonds. The van der Waals surface area contributed by atoms with E-state index in [0.717, 1.165) is 0 Å². The van der Waals surface area contributed by atoms with Crippen LogP contribution in [-0.2, 0) is 4.74 Å². The third kappa shape index (κ3) is 4.50. The molecule has 3 aromatic heterocycles. The molecule has 0 unspecified atom stereocenters. The summed E-state index contributed by atoms with van der Waals surface area (Å²) in [6.45, 7) is 4.45. The fourth-order valence-electron chi connectivity index (χ4n) is 3.79. The van der Waals surface area contributed by atoms with Crippen LogP contribution >= 0.6 is 0 Å². The van der Waals surface area contributed by atoms with Gasteiger partial charge < -0.3 is 9.15 Å². The van der Waals surface area contributed by atoms with Crippen molar-refractivity contribution in [3.63, 3.8) is 0 Å². The summed E-state index contributed by atoms with van der Waals surface area (Å²) in [5.41, 5.74) is 4.69. The van der Waals surface area contributed by atoms with Crippen LogP contribution in [0.4, 0.5) is 0 Å². The second-order valence-electron chi connectivity index (χ2n) is 7.84. The van der Waals surface area contributed by atoms with E-state index in [0.29, 0.717) is 22.5 Å². The van der Waals surface area contributed by atoms with Gasteiger partial charge in [-0.05, 0) is 51.1 Å². The monoisotopic (exact) mass is 470 g/mol. The van der Waals surface area contributed by atoms with Crippen molar-refractivity contribution in [1.29, 1.82) is 5.26 Å². The first kappa shape index (κ1) is 23.3. The molecule has 176 valence electrons. The lowest BCUT2D eigenvalue weighted by atomic mass is 10.1. The molecule has 9 nitrogen and oxygen atoms in total. The van der Waals surface area contributed by atoms with Crippen molar-refractivity contribution in [2.45, 2.75) is 20.8 Å². The lowest BCUT2D eigenvalue weighted by Gasteiger charge is -2.11. The zero-order valence-corrected chi connectivity index (χ0v) is 19.4. The van der Waals surface area contributed by atoms with Gasteiger partial charge in [-0.3, -0.25) is 24.3 Å². The van der Waals surface area contributed by atoms with E-state index in [4.69, 9.17) is 9.15 Å². The Morgan fingerprint density at radius 2 is 1.74 bits per heavy atom. The molecule has 0 saturated carbocycles. The molecule has 0 aliphatic carbocycles. The number of carbonyl (C=O) groups excluding carboxylic acids is 3. The molecule has 4 rings (SSSR count). The summed E-state index contributed by atoms with van der Waals surface area (Å²) in [6, 6.07) is 15.8. The summed E-state index contributed by atoms with van der Waals surface area (Å²) in [5.74, 6) is -1.19. The molecule has 1 aromatic carbocycles. The number of nitriles is 1. The molecule has 0 radical (unpaired) electrons. The Balaban J connectivity index is 1.49. The SMILES string of the molecule is Cc1oc(-n2cccc2)c(C#N)c1C(=O)OCC(=O)c1cc(C)n(NC(=O)c2ccccc2)c1C. The number of esters is 1. The molecule has 4 aromatic rings. The largest absolute Gasteiger partial charge is 0.454 e. The zero-order chi connectivity index (χ0) is 25.1. The number of ether oxygens (including phenoxy) is 1. The standard InChI is InChI=1S/C26H22N4O5/c1-16-13-20(17(2)30(16)28-24(32)19-9-5-4-6-10-19)22(31)15-34-26(33)23-18(3)35-25(21(23)14-27)29-11-7-8-12-29/h4-13H,15H2,1-3H3,(H,28,32). The first-order chi connectivity index (χ1) is 16.8. The van der Waals surface area contributed by atoms with Crippen molar-refractivity contribution < 1.29 is 23.5 Å². The second-order valence-corrected chi connectivity index (χ2v) is 7.84. The maximum Gasteiger partial charge on any atom is 0.343 e. The number of aromatic nitrogens is 2. The lowest BCUT2D eigenvalue weighted by molar-refractivity contribution is 0.0472. The van der Waals surface area contributed by atoms with Crippen LogP contribution in [-0.4, -0.2) is 33.5 Å². The highest BCUT2D eigenvalue weighted by molar-refractivity contribution is 6.02. The maximum atomic E-state index is 12.9.